The lowest BCUT2D eigenvalue weighted by Crippen LogP contribution is -2.47. The van der Waals surface area contributed by atoms with Gasteiger partial charge >= 0.3 is 12.1 Å². The SMILES string of the molecule is O=C(CCc1ccc(Br)cc1)N1CCC(C(=O)O)(C(F)(F)F)C1. The molecule has 0 aliphatic carbocycles. The highest BCUT2D eigenvalue weighted by Gasteiger charge is 2.64. The number of benzene rings is 1. The molecule has 1 heterocycles. The van der Waals surface area contributed by atoms with Gasteiger partial charge < -0.3 is 10.0 Å². The number of hydrogen-bond acceptors (Lipinski definition) is 2. The van der Waals surface area contributed by atoms with Crippen LogP contribution in [-0.4, -0.2) is 41.1 Å². The molecule has 1 N–H and O–H groups in total. The molecular weight excluding hydrogens is 379 g/mol. The molecule has 1 atom stereocenters. The quantitative estimate of drug-likeness (QED) is 0.853. The second-order valence-electron chi connectivity index (χ2n) is 5.58. The van der Waals surface area contributed by atoms with Crippen LogP contribution in [0.15, 0.2) is 28.7 Å². The Hall–Kier alpha value is -1.57. The summed E-state index contributed by atoms with van der Waals surface area (Å²) in [5.41, 5.74) is -1.96. The highest BCUT2D eigenvalue weighted by molar-refractivity contribution is 9.10. The van der Waals surface area contributed by atoms with Crippen LogP contribution in [0, 0.1) is 5.41 Å². The third kappa shape index (κ3) is 3.68. The van der Waals surface area contributed by atoms with Gasteiger partial charge in [0.2, 0.25) is 5.91 Å². The fourth-order valence-corrected chi connectivity index (χ4v) is 2.87. The van der Waals surface area contributed by atoms with Crippen molar-refractivity contribution < 1.29 is 27.9 Å². The third-order valence-electron chi connectivity index (χ3n) is 4.11. The molecule has 8 heteroatoms. The molecule has 1 fully saturated rings. The third-order valence-corrected chi connectivity index (χ3v) is 4.64. The van der Waals surface area contributed by atoms with E-state index < -0.39 is 36.4 Å². The highest BCUT2D eigenvalue weighted by atomic mass is 79.9. The maximum absolute atomic E-state index is 13.1. The molecule has 1 aliphatic rings. The number of rotatable bonds is 4. The van der Waals surface area contributed by atoms with Crippen molar-refractivity contribution in [2.24, 2.45) is 5.41 Å². The Morgan fingerprint density at radius 2 is 1.87 bits per heavy atom. The lowest BCUT2D eigenvalue weighted by Gasteiger charge is -2.27. The number of aliphatic carboxylic acids is 1. The van der Waals surface area contributed by atoms with Crippen LogP contribution in [0.25, 0.3) is 0 Å². The van der Waals surface area contributed by atoms with Crippen molar-refractivity contribution in [2.75, 3.05) is 13.1 Å². The second-order valence-corrected chi connectivity index (χ2v) is 6.49. The van der Waals surface area contributed by atoms with Crippen molar-refractivity contribution >= 4 is 27.8 Å². The zero-order valence-electron chi connectivity index (χ0n) is 12.1. The Morgan fingerprint density at radius 3 is 2.35 bits per heavy atom. The minimum atomic E-state index is -4.88. The van der Waals surface area contributed by atoms with Crippen LogP contribution in [0.2, 0.25) is 0 Å². The van der Waals surface area contributed by atoms with E-state index in [4.69, 9.17) is 5.11 Å². The topological polar surface area (TPSA) is 57.6 Å². The van der Waals surface area contributed by atoms with Crippen LogP contribution in [0.4, 0.5) is 13.2 Å². The number of carbonyl (C=O) groups excluding carboxylic acids is 1. The number of carboxylic acid groups (broad SMARTS) is 1. The van der Waals surface area contributed by atoms with Gasteiger partial charge in [-0.25, -0.2) is 0 Å². The maximum atomic E-state index is 13.1. The van der Waals surface area contributed by atoms with E-state index in [1.54, 1.807) is 0 Å². The Kier molecular flexibility index (Phi) is 5.03. The van der Waals surface area contributed by atoms with Crippen LogP contribution < -0.4 is 0 Å². The van der Waals surface area contributed by atoms with Gasteiger partial charge in [0.1, 0.15) is 0 Å². The van der Waals surface area contributed by atoms with Crippen LogP contribution in [-0.2, 0) is 16.0 Å². The fraction of sp³-hybridized carbons (Fsp3) is 0.467. The van der Waals surface area contributed by atoms with E-state index in [0.29, 0.717) is 6.42 Å². The molecule has 23 heavy (non-hydrogen) atoms. The summed E-state index contributed by atoms with van der Waals surface area (Å²) in [5.74, 6) is -2.38. The van der Waals surface area contributed by atoms with Gasteiger partial charge in [-0.05, 0) is 30.5 Å². The average molecular weight is 394 g/mol. The summed E-state index contributed by atoms with van der Waals surface area (Å²) in [7, 11) is 0. The number of carbonyl (C=O) groups is 2. The first-order valence-electron chi connectivity index (χ1n) is 6.98. The van der Waals surface area contributed by atoms with E-state index in [-0.39, 0.29) is 13.0 Å². The summed E-state index contributed by atoms with van der Waals surface area (Å²) in [5, 5.41) is 8.97. The summed E-state index contributed by atoms with van der Waals surface area (Å²) in [6, 6.07) is 7.26. The molecule has 4 nitrogen and oxygen atoms in total. The van der Waals surface area contributed by atoms with Gasteiger partial charge in [-0.3, -0.25) is 9.59 Å². The standard InChI is InChI=1S/C15H15BrF3NO3/c16-11-4-1-10(2-5-11)3-6-12(21)20-8-7-14(9-20,13(22)23)15(17,18)19/h1-2,4-5H,3,6-9H2,(H,22,23). The minimum absolute atomic E-state index is 0.0508. The van der Waals surface area contributed by atoms with E-state index in [0.717, 1.165) is 14.9 Å². The molecule has 0 radical (unpaired) electrons. The van der Waals surface area contributed by atoms with Crippen molar-refractivity contribution in [3.8, 4) is 0 Å². The summed E-state index contributed by atoms with van der Waals surface area (Å²) in [4.78, 5) is 24.2. The van der Waals surface area contributed by atoms with Crippen LogP contribution >= 0.6 is 15.9 Å². The van der Waals surface area contributed by atoms with Gasteiger partial charge in [-0.2, -0.15) is 13.2 Å². The van der Waals surface area contributed by atoms with Gasteiger partial charge in [-0.15, -0.1) is 0 Å². The van der Waals surface area contributed by atoms with Gasteiger partial charge in [0.15, 0.2) is 5.41 Å². The second kappa shape index (κ2) is 6.51. The van der Waals surface area contributed by atoms with E-state index >= 15 is 0 Å². The molecule has 0 saturated carbocycles. The van der Waals surface area contributed by atoms with Crippen LogP contribution in [0.1, 0.15) is 18.4 Å². The molecule has 1 aliphatic heterocycles. The lowest BCUT2D eigenvalue weighted by molar-refractivity contribution is -0.227. The molecule has 1 aromatic carbocycles. The smallest absolute Gasteiger partial charge is 0.406 e. The predicted molar refractivity (Wildman–Crippen MR) is 79.8 cm³/mol. The van der Waals surface area contributed by atoms with Crippen molar-refractivity contribution in [3.63, 3.8) is 0 Å². The van der Waals surface area contributed by atoms with Crippen LogP contribution in [0.5, 0.6) is 0 Å². The first kappa shape index (κ1) is 17.8. The van der Waals surface area contributed by atoms with Gasteiger partial charge in [0.05, 0.1) is 0 Å². The van der Waals surface area contributed by atoms with Crippen LogP contribution in [0.3, 0.4) is 0 Å². The zero-order valence-corrected chi connectivity index (χ0v) is 13.7. The van der Waals surface area contributed by atoms with Gasteiger partial charge in [0, 0.05) is 24.0 Å². The van der Waals surface area contributed by atoms with Crippen molar-refractivity contribution in [1.29, 1.82) is 0 Å². The number of halogens is 4. The first-order valence-corrected chi connectivity index (χ1v) is 7.77. The maximum Gasteiger partial charge on any atom is 0.406 e. The molecule has 0 bridgehead atoms. The number of hydrogen-bond donors (Lipinski definition) is 1. The molecule has 1 aromatic rings. The molecule has 2 rings (SSSR count). The monoisotopic (exact) mass is 393 g/mol. The molecule has 1 amide bonds. The van der Waals surface area contributed by atoms with Crippen molar-refractivity contribution in [1.82, 2.24) is 4.90 Å². The summed E-state index contributed by atoms with van der Waals surface area (Å²) >= 11 is 3.29. The first-order chi connectivity index (χ1) is 10.7. The number of amides is 1. The van der Waals surface area contributed by atoms with Gasteiger partial charge in [-0.1, -0.05) is 28.1 Å². The summed E-state index contributed by atoms with van der Waals surface area (Å²) in [6.45, 7) is -1.00. The van der Waals surface area contributed by atoms with E-state index in [1.807, 2.05) is 24.3 Å². The Bertz CT molecular complexity index is 603. The fourth-order valence-electron chi connectivity index (χ4n) is 2.61. The molecule has 126 valence electrons. The Balaban J connectivity index is 1.99. The Morgan fingerprint density at radius 1 is 1.26 bits per heavy atom. The van der Waals surface area contributed by atoms with Gasteiger partial charge in [0.25, 0.3) is 0 Å². The average Bonchev–Trinajstić information content (AvgIpc) is 2.93. The molecule has 1 unspecified atom stereocenters. The van der Waals surface area contributed by atoms with Crippen molar-refractivity contribution in [3.05, 3.63) is 34.3 Å². The zero-order chi connectivity index (χ0) is 17.3. The molecule has 1 saturated heterocycles. The summed E-state index contributed by atoms with van der Waals surface area (Å²) < 4.78 is 40.1. The highest BCUT2D eigenvalue weighted by Crippen LogP contribution is 2.45. The number of carboxylic acids is 1. The van der Waals surface area contributed by atoms with E-state index in [1.165, 1.54) is 0 Å². The molecule has 0 aromatic heterocycles. The number of likely N-dealkylation sites (tertiary alicyclic amines) is 1. The molecular formula is C15H15BrF3NO3. The predicted octanol–water partition coefficient (Wildman–Crippen LogP) is 3.25. The lowest BCUT2D eigenvalue weighted by atomic mass is 9.86. The largest absolute Gasteiger partial charge is 0.481 e. The normalized spacial score (nSPS) is 21.5. The summed E-state index contributed by atoms with van der Waals surface area (Å²) in [6.07, 6.45) is -5.03. The number of nitrogens with zero attached hydrogens (tertiary/aromatic N) is 1. The number of aryl methyl sites for hydroxylation is 1. The molecule has 0 spiro atoms. The van der Waals surface area contributed by atoms with E-state index in [2.05, 4.69) is 15.9 Å². The van der Waals surface area contributed by atoms with E-state index in [9.17, 15) is 22.8 Å². The minimum Gasteiger partial charge on any atom is -0.481 e. The Labute approximate surface area is 139 Å². The number of alkyl halides is 3. The van der Waals surface area contributed by atoms with Crippen molar-refractivity contribution in [2.45, 2.75) is 25.4 Å².